The average molecular weight is 577 g/mol. The second-order valence-corrected chi connectivity index (χ2v) is 9.65. The van der Waals surface area contributed by atoms with E-state index >= 15 is 0 Å². The van der Waals surface area contributed by atoms with Crippen molar-refractivity contribution in [3.05, 3.63) is 54.2 Å². The number of nitrogens with zero attached hydrogens (tertiary/aromatic N) is 4. The monoisotopic (exact) mass is 576 g/mol. The van der Waals surface area contributed by atoms with Gasteiger partial charge < -0.3 is 40.0 Å². The molecule has 12 heteroatoms. The Morgan fingerprint density at radius 2 is 1.93 bits per heavy atom. The molecule has 4 N–H and O–H groups in total. The van der Waals surface area contributed by atoms with E-state index in [4.69, 9.17) is 24.7 Å². The molecule has 222 valence electrons. The number of hydrogen-bond acceptors (Lipinski definition) is 11. The van der Waals surface area contributed by atoms with Crippen molar-refractivity contribution in [2.75, 3.05) is 51.9 Å². The molecule has 1 amide bonds. The Morgan fingerprint density at radius 3 is 2.64 bits per heavy atom. The molecule has 1 atom stereocenters. The highest BCUT2D eigenvalue weighted by Crippen LogP contribution is 2.32. The zero-order valence-corrected chi connectivity index (χ0v) is 23.8. The highest BCUT2D eigenvalue weighted by Gasteiger charge is 2.26. The summed E-state index contributed by atoms with van der Waals surface area (Å²) in [6.45, 7) is 4.20. The maximum absolute atomic E-state index is 12.0. The summed E-state index contributed by atoms with van der Waals surface area (Å²) in [5, 5.41) is 22.5. The van der Waals surface area contributed by atoms with Crippen LogP contribution in [-0.4, -0.2) is 84.7 Å². The highest BCUT2D eigenvalue weighted by atomic mass is 16.5. The molecular weight excluding hydrogens is 540 g/mol. The van der Waals surface area contributed by atoms with Gasteiger partial charge in [0.15, 0.2) is 11.5 Å². The van der Waals surface area contributed by atoms with E-state index in [1.54, 1.807) is 48.5 Å². The number of ether oxygens (including phenoxy) is 4. The van der Waals surface area contributed by atoms with E-state index < -0.39 is 6.10 Å². The fourth-order valence-corrected chi connectivity index (χ4v) is 4.49. The minimum Gasteiger partial charge on any atom is -0.493 e. The smallest absolute Gasteiger partial charge is 0.251 e. The summed E-state index contributed by atoms with van der Waals surface area (Å²) >= 11 is 0. The van der Waals surface area contributed by atoms with Gasteiger partial charge in [-0.15, -0.1) is 0 Å². The summed E-state index contributed by atoms with van der Waals surface area (Å²) in [5.74, 6) is 1.70. The number of piperidine rings is 1. The predicted octanol–water partition coefficient (Wildman–Crippen LogP) is 2.87. The van der Waals surface area contributed by atoms with Crippen LogP contribution in [0.2, 0.25) is 0 Å². The molecular formula is C30H36N6O6. The van der Waals surface area contributed by atoms with Crippen molar-refractivity contribution in [1.82, 2.24) is 14.9 Å². The van der Waals surface area contributed by atoms with E-state index in [0.717, 1.165) is 5.56 Å². The van der Waals surface area contributed by atoms with Crippen molar-refractivity contribution in [2.24, 2.45) is 5.73 Å². The first kappa shape index (κ1) is 30.5. The van der Waals surface area contributed by atoms with Gasteiger partial charge in [-0.05, 0) is 43.3 Å². The molecule has 1 aliphatic heterocycles. The van der Waals surface area contributed by atoms with Gasteiger partial charge in [0.2, 0.25) is 5.95 Å². The van der Waals surface area contributed by atoms with E-state index in [0.29, 0.717) is 92.4 Å². The fraction of sp³-hybridized carbons (Fsp3) is 0.400. The molecule has 1 aliphatic rings. The molecule has 12 nitrogen and oxygen atoms in total. The lowest BCUT2D eigenvalue weighted by Crippen LogP contribution is -2.45. The zero-order valence-electron chi connectivity index (χ0n) is 23.8. The van der Waals surface area contributed by atoms with Gasteiger partial charge in [0.05, 0.1) is 31.6 Å². The molecule has 0 radical (unpaired) electrons. The summed E-state index contributed by atoms with van der Waals surface area (Å²) in [5.41, 5.74) is 7.88. The number of aromatic nitrogens is 2. The number of hydrogen-bond donors (Lipinski definition) is 3. The minimum atomic E-state index is -1.02. The van der Waals surface area contributed by atoms with E-state index in [1.165, 1.54) is 6.92 Å². The lowest BCUT2D eigenvalue weighted by Gasteiger charge is -2.33. The molecule has 1 saturated heterocycles. The molecule has 1 aromatic heterocycles. The van der Waals surface area contributed by atoms with Crippen molar-refractivity contribution in [3.63, 3.8) is 0 Å². The molecule has 2 aromatic carbocycles. The summed E-state index contributed by atoms with van der Waals surface area (Å²) in [7, 11) is 1.57. The number of amides is 1. The number of likely N-dealkylation sites (tertiary alicyclic amines) is 1. The van der Waals surface area contributed by atoms with Crippen LogP contribution in [0.15, 0.2) is 48.7 Å². The normalized spacial score (nSPS) is 14.1. The van der Waals surface area contributed by atoms with Crippen LogP contribution in [0.25, 0.3) is 11.3 Å². The van der Waals surface area contributed by atoms with Crippen molar-refractivity contribution in [2.45, 2.75) is 32.0 Å². The summed E-state index contributed by atoms with van der Waals surface area (Å²) in [4.78, 5) is 22.6. The van der Waals surface area contributed by atoms with E-state index in [-0.39, 0.29) is 12.0 Å². The number of anilines is 2. The molecule has 0 saturated carbocycles. The third-order valence-electron chi connectivity index (χ3n) is 6.62. The number of nitrogens with two attached hydrogens (primary N) is 1. The average Bonchev–Trinajstić information content (AvgIpc) is 3.01. The van der Waals surface area contributed by atoms with Gasteiger partial charge >= 0.3 is 0 Å². The van der Waals surface area contributed by atoms with Crippen molar-refractivity contribution in [3.8, 4) is 34.6 Å². The predicted molar refractivity (Wildman–Crippen MR) is 156 cm³/mol. The van der Waals surface area contributed by atoms with Crippen molar-refractivity contribution < 1.29 is 28.8 Å². The van der Waals surface area contributed by atoms with Crippen LogP contribution >= 0.6 is 0 Å². The van der Waals surface area contributed by atoms with Crippen LogP contribution in [0.4, 0.5) is 11.6 Å². The van der Waals surface area contributed by atoms with Gasteiger partial charge in [0.25, 0.3) is 5.91 Å². The molecule has 4 rings (SSSR count). The minimum absolute atomic E-state index is 0.130. The third-order valence-corrected chi connectivity index (χ3v) is 6.62. The first-order valence-corrected chi connectivity index (χ1v) is 13.8. The number of methoxy groups -OCH3 is 1. The molecule has 0 spiro atoms. The Kier molecular flexibility index (Phi) is 10.9. The van der Waals surface area contributed by atoms with Crippen LogP contribution in [0.5, 0.6) is 17.2 Å². The Hall–Kier alpha value is -4.44. The van der Waals surface area contributed by atoms with Crippen LogP contribution in [0, 0.1) is 11.3 Å². The maximum Gasteiger partial charge on any atom is 0.251 e. The highest BCUT2D eigenvalue weighted by molar-refractivity contribution is 5.80. The first-order valence-electron chi connectivity index (χ1n) is 13.8. The van der Waals surface area contributed by atoms with Crippen LogP contribution in [0.1, 0.15) is 25.3 Å². The van der Waals surface area contributed by atoms with E-state index in [9.17, 15) is 15.2 Å². The summed E-state index contributed by atoms with van der Waals surface area (Å²) in [6, 6.07) is 14.7. The molecule has 2 heterocycles. The Labute approximate surface area is 245 Å². The molecule has 0 unspecified atom stereocenters. The second kappa shape index (κ2) is 15.0. The van der Waals surface area contributed by atoms with E-state index in [2.05, 4.69) is 21.4 Å². The number of carbonyl (C=O) groups is 1. The fourth-order valence-electron chi connectivity index (χ4n) is 4.49. The van der Waals surface area contributed by atoms with Gasteiger partial charge in [0.1, 0.15) is 30.6 Å². The Morgan fingerprint density at radius 1 is 1.14 bits per heavy atom. The Balaban J connectivity index is 1.40. The van der Waals surface area contributed by atoms with Crippen LogP contribution < -0.4 is 25.3 Å². The number of aliphatic hydroxyl groups is 1. The first-order chi connectivity index (χ1) is 20.4. The molecule has 42 heavy (non-hydrogen) atoms. The number of nitriles is 1. The topological polar surface area (TPSA) is 165 Å². The van der Waals surface area contributed by atoms with Crippen molar-refractivity contribution >= 4 is 17.5 Å². The standard InChI is InChI=1S/C30H36N6O6/c1-20(37)29(38)36-12-8-24(9-13-36)42-26-5-3-21(17-22(26)19-32)25-7-11-33-30(35-25)34-23-4-6-27(28(18-23)39-2)41-16-15-40-14-10-31/h3-7,11,17-18,20,24,37H,8-10,12-16,31H2,1-2H3,(H,33,34,35)/t20-/m0/s1. The lowest BCUT2D eigenvalue weighted by atomic mass is 10.1. The number of nitrogens with one attached hydrogen (secondary N) is 1. The summed E-state index contributed by atoms with van der Waals surface area (Å²) < 4.78 is 22.7. The zero-order chi connectivity index (χ0) is 29.9. The third kappa shape index (κ3) is 8.07. The number of aliphatic hydroxyl groups excluding tert-OH is 1. The summed E-state index contributed by atoms with van der Waals surface area (Å²) in [6.07, 6.45) is 1.73. The molecule has 3 aromatic rings. The van der Waals surface area contributed by atoms with Gasteiger partial charge in [0, 0.05) is 56.0 Å². The van der Waals surface area contributed by atoms with E-state index in [1.807, 2.05) is 12.1 Å². The van der Waals surface area contributed by atoms with Crippen LogP contribution in [-0.2, 0) is 9.53 Å². The number of benzene rings is 2. The van der Waals surface area contributed by atoms with Gasteiger partial charge in [-0.25, -0.2) is 9.97 Å². The quantitative estimate of drug-likeness (QED) is 0.256. The Bertz CT molecular complexity index is 1390. The lowest BCUT2D eigenvalue weighted by molar-refractivity contribution is -0.141. The number of rotatable bonds is 13. The largest absolute Gasteiger partial charge is 0.493 e. The van der Waals surface area contributed by atoms with Gasteiger partial charge in [-0.2, -0.15) is 5.26 Å². The maximum atomic E-state index is 12.0. The van der Waals surface area contributed by atoms with Crippen LogP contribution in [0.3, 0.4) is 0 Å². The molecule has 0 bridgehead atoms. The molecule has 0 aliphatic carbocycles. The van der Waals surface area contributed by atoms with Gasteiger partial charge in [-0.1, -0.05) is 0 Å². The SMILES string of the molecule is COc1cc(Nc2nccc(-c3ccc(OC4CCN(C(=O)[C@H](C)O)CC4)c(C#N)c3)n2)ccc1OCCOCCN. The second-order valence-electron chi connectivity index (χ2n) is 9.65. The van der Waals surface area contributed by atoms with Crippen molar-refractivity contribution in [1.29, 1.82) is 5.26 Å². The molecule has 1 fully saturated rings. The number of carbonyl (C=O) groups excluding carboxylic acids is 1. The van der Waals surface area contributed by atoms with Gasteiger partial charge in [-0.3, -0.25) is 4.79 Å².